The van der Waals surface area contributed by atoms with E-state index in [1.54, 1.807) is 12.5 Å². The quantitative estimate of drug-likeness (QED) is 0.726. The second-order valence-corrected chi connectivity index (χ2v) is 5.26. The number of aromatic nitrogens is 4. The van der Waals surface area contributed by atoms with Crippen LogP contribution in [0.5, 0.6) is 0 Å². The Morgan fingerprint density at radius 1 is 1.20 bits per heavy atom. The maximum Gasteiger partial charge on any atom is 0.0996 e. The molecule has 20 heavy (non-hydrogen) atoms. The van der Waals surface area contributed by atoms with E-state index in [0.29, 0.717) is 5.92 Å². The zero-order valence-corrected chi connectivity index (χ0v) is 11.8. The summed E-state index contributed by atoms with van der Waals surface area (Å²) >= 11 is 0. The second-order valence-electron chi connectivity index (χ2n) is 5.26. The normalized spacial score (nSPS) is 11.2. The molecule has 102 valence electrons. The summed E-state index contributed by atoms with van der Waals surface area (Å²) in [7, 11) is 0. The van der Waals surface area contributed by atoms with Crippen molar-refractivity contribution in [1.29, 1.82) is 0 Å². The van der Waals surface area contributed by atoms with Gasteiger partial charge in [0.25, 0.3) is 0 Å². The molecule has 0 aliphatic carbocycles. The fraction of sp³-hybridized carbons (Fsp3) is 0.250. The van der Waals surface area contributed by atoms with Crippen LogP contribution in [0.3, 0.4) is 0 Å². The Bertz CT molecular complexity index is 680. The van der Waals surface area contributed by atoms with Crippen molar-refractivity contribution in [2.45, 2.75) is 26.3 Å². The van der Waals surface area contributed by atoms with Gasteiger partial charge in [-0.05, 0) is 23.6 Å². The molecule has 0 radical (unpaired) electrons. The third kappa shape index (κ3) is 2.64. The van der Waals surface area contributed by atoms with Gasteiger partial charge in [0.05, 0.1) is 24.9 Å². The molecule has 0 aliphatic rings. The highest BCUT2D eigenvalue weighted by Crippen LogP contribution is 2.18. The van der Waals surface area contributed by atoms with Gasteiger partial charge in [-0.15, -0.1) is 0 Å². The lowest BCUT2D eigenvalue weighted by atomic mass is 10.0. The van der Waals surface area contributed by atoms with Crippen LogP contribution in [0.4, 0.5) is 0 Å². The average Bonchev–Trinajstić information content (AvgIpc) is 3.11. The van der Waals surface area contributed by atoms with Crippen molar-refractivity contribution in [2.75, 3.05) is 0 Å². The zero-order valence-electron chi connectivity index (χ0n) is 11.8. The first-order valence-electron chi connectivity index (χ1n) is 6.81. The van der Waals surface area contributed by atoms with E-state index >= 15 is 0 Å². The zero-order chi connectivity index (χ0) is 13.9. The topological polar surface area (TPSA) is 35.6 Å². The van der Waals surface area contributed by atoms with E-state index in [2.05, 4.69) is 58.8 Å². The molecule has 4 nitrogen and oxygen atoms in total. The van der Waals surface area contributed by atoms with E-state index < -0.39 is 0 Å². The van der Waals surface area contributed by atoms with Crippen molar-refractivity contribution in [3.63, 3.8) is 0 Å². The molecular formula is C16H18N4. The molecule has 1 aromatic carbocycles. The van der Waals surface area contributed by atoms with E-state index in [1.165, 1.54) is 5.56 Å². The predicted octanol–water partition coefficient (Wildman–Crippen LogP) is 3.24. The van der Waals surface area contributed by atoms with Crippen molar-refractivity contribution in [1.82, 2.24) is 19.1 Å². The molecule has 0 saturated carbocycles. The fourth-order valence-corrected chi connectivity index (χ4v) is 2.20. The minimum Gasteiger partial charge on any atom is -0.331 e. The van der Waals surface area contributed by atoms with Crippen LogP contribution in [0.25, 0.3) is 5.69 Å². The van der Waals surface area contributed by atoms with Crippen LogP contribution in [0.1, 0.15) is 31.0 Å². The smallest absolute Gasteiger partial charge is 0.0996 e. The Kier molecular flexibility index (Phi) is 3.37. The average molecular weight is 266 g/mol. The SMILES string of the molecule is CC(C)c1cccc(-n2cnc(Cn3ccnc3)c2)c1. The lowest BCUT2D eigenvalue weighted by Crippen LogP contribution is -1.97. The van der Waals surface area contributed by atoms with Gasteiger partial charge in [0.1, 0.15) is 0 Å². The van der Waals surface area contributed by atoms with Crippen molar-refractivity contribution >= 4 is 0 Å². The van der Waals surface area contributed by atoms with Crippen LogP contribution in [-0.2, 0) is 6.54 Å². The van der Waals surface area contributed by atoms with Gasteiger partial charge in [0.15, 0.2) is 0 Å². The Balaban J connectivity index is 1.84. The van der Waals surface area contributed by atoms with E-state index in [9.17, 15) is 0 Å². The highest BCUT2D eigenvalue weighted by molar-refractivity contribution is 5.37. The molecule has 4 heteroatoms. The first-order chi connectivity index (χ1) is 9.72. The van der Waals surface area contributed by atoms with Gasteiger partial charge >= 0.3 is 0 Å². The molecule has 0 fully saturated rings. The van der Waals surface area contributed by atoms with E-state index in [-0.39, 0.29) is 0 Å². The molecule has 0 N–H and O–H groups in total. The number of imidazole rings is 2. The third-order valence-electron chi connectivity index (χ3n) is 3.37. The molecular weight excluding hydrogens is 248 g/mol. The molecule has 0 bridgehead atoms. The monoisotopic (exact) mass is 266 g/mol. The minimum atomic E-state index is 0.531. The van der Waals surface area contributed by atoms with E-state index in [1.807, 2.05) is 17.1 Å². The molecule has 3 rings (SSSR count). The summed E-state index contributed by atoms with van der Waals surface area (Å²) in [5, 5.41) is 0. The van der Waals surface area contributed by atoms with Gasteiger partial charge in [-0.2, -0.15) is 0 Å². The van der Waals surface area contributed by atoms with Crippen LogP contribution in [0.15, 0.2) is 55.5 Å². The maximum atomic E-state index is 4.46. The summed E-state index contributed by atoms with van der Waals surface area (Å²) in [4.78, 5) is 8.50. The summed E-state index contributed by atoms with van der Waals surface area (Å²) in [6.07, 6.45) is 9.46. The van der Waals surface area contributed by atoms with Gasteiger partial charge in [-0.25, -0.2) is 9.97 Å². The maximum absolute atomic E-state index is 4.46. The van der Waals surface area contributed by atoms with Gasteiger partial charge in [0.2, 0.25) is 0 Å². The molecule has 0 amide bonds. The predicted molar refractivity (Wildman–Crippen MR) is 79.0 cm³/mol. The van der Waals surface area contributed by atoms with Crippen molar-refractivity contribution in [3.8, 4) is 5.69 Å². The van der Waals surface area contributed by atoms with Gasteiger partial charge in [-0.1, -0.05) is 26.0 Å². The number of nitrogens with zero attached hydrogens (tertiary/aromatic N) is 4. The molecule has 0 saturated heterocycles. The number of benzene rings is 1. The van der Waals surface area contributed by atoms with Crippen LogP contribution in [-0.4, -0.2) is 19.1 Å². The lowest BCUT2D eigenvalue weighted by molar-refractivity contribution is 0.778. The van der Waals surface area contributed by atoms with Crippen molar-refractivity contribution in [3.05, 3.63) is 66.8 Å². The minimum absolute atomic E-state index is 0.531. The number of hydrogen-bond donors (Lipinski definition) is 0. The molecule has 3 aromatic rings. The highest BCUT2D eigenvalue weighted by Gasteiger charge is 2.04. The van der Waals surface area contributed by atoms with Gasteiger partial charge in [0, 0.05) is 24.3 Å². The van der Waals surface area contributed by atoms with Crippen molar-refractivity contribution < 1.29 is 0 Å². The Morgan fingerprint density at radius 2 is 2.10 bits per heavy atom. The molecule has 0 aliphatic heterocycles. The molecule has 0 spiro atoms. The lowest BCUT2D eigenvalue weighted by Gasteiger charge is -2.08. The summed E-state index contributed by atoms with van der Waals surface area (Å²) in [6, 6.07) is 8.58. The van der Waals surface area contributed by atoms with Gasteiger partial charge < -0.3 is 9.13 Å². The summed E-state index contributed by atoms with van der Waals surface area (Å²) < 4.78 is 4.08. The molecule has 0 atom stereocenters. The van der Waals surface area contributed by atoms with Crippen LogP contribution >= 0.6 is 0 Å². The molecule has 2 aromatic heterocycles. The Hall–Kier alpha value is -2.36. The van der Waals surface area contributed by atoms with Crippen LogP contribution in [0.2, 0.25) is 0 Å². The van der Waals surface area contributed by atoms with Gasteiger partial charge in [-0.3, -0.25) is 0 Å². The summed E-state index contributed by atoms with van der Waals surface area (Å²) in [5.74, 6) is 0.531. The summed E-state index contributed by atoms with van der Waals surface area (Å²) in [6.45, 7) is 5.16. The second kappa shape index (κ2) is 5.33. The largest absolute Gasteiger partial charge is 0.331 e. The van der Waals surface area contributed by atoms with Crippen molar-refractivity contribution in [2.24, 2.45) is 0 Å². The Morgan fingerprint density at radius 3 is 2.85 bits per heavy atom. The number of hydrogen-bond acceptors (Lipinski definition) is 2. The first-order valence-corrected chi connectivity index (χ1v) is 6.81. The third-order valence-corrected chi connectivity index (χ3v) is 3.37. The van der Waals surface area contributed by atoms with Crippen LogP contribution in [0, 0.1) is 0 Å². The standard InChI is InChI=1S/C16H18N4/c1-13(2)14-4-3-5-16(8-14)20-10-15(18-12-20)9-19-7-6-17-11-19/h3-8,10-13H,9H2,1-2H3. The highest BCUT2D eigenvalue weighted by atomic mass is 15.1. The number of rotatable bonds is 4. The van der Waals surface area contributed by atoms with E-state index in [4.69, 9.17) is 0 Å². The van der Waals surface area contributed by atoms with Crippen LogP contribution < -0.4 is 0 Å². The fourth-order valence-electron chi connectivity index (χ4n) is 2.20. The first kappa shape index (κ1) is 12.7. The Labute approximate surface area is 118 Å². The summed E-state index contributed by atoms with van der Waals surface area (Å²) in [5.41, 5.74) is 3.52. The molecule has 2 heterocycles. The molecule has 0 unspecified atom stereocenters. The van der Waals surface area contributed by atoms with E-state index in [0.717, 1.165) is 17.9 Å².